The molecule has 5 heteroatoms. The van der Waals surface area contributed by atoms with Crippen LogP contribution in [0, 0.1) is 0 Å². The van der Waals surface area contributed by atoms with Crippen LogP contribution in [-0.4, -0.2) is 11.9 Å². The number of carbonyl (C=O) groups excluding carboxylic acids is 2. The average Bonchev–Trinajstić information content (AvgIpc) is 2.92. The minimum atomic E-state index is -0.334. The molecule has 0 unspecified atom stereocenters. The fourth-order valence-corrected chi connectivity index (χ4v) is 3.50. The standard InChI is InChI=1S/C18H21NO3S/c1-4-6-16-13(5-2)11-17(23-16)18(21)22-15-9-7-14(8-10-15)19-12(3)20/h7-11H,4-6H2,1-3H3,(H,19,20). The van der Waals surface area contributed by atoms with E-state index in [1.54, 1.807) is 24.3 Å². The Morgan fingerprint density at radius 1 is 1.17 bits per heavy atom. The third-order valence-corrected chi connectivity index (χ3v) is 4.56. The van der Waals surface area contributed by atoms with Crippen molar-refractivity contribution in [3.8, 4) is 5.75 Å². The van der Waals surface area contributed by atoms with Gasteiger partial charge < -0.3 is 10.1 Å². The number of anilines is 1. The Balaban J connectivity index is 2.08. The Morgan fingerprint density at radius 2 is 1.87 bits per heavy atom. The van der Waals surface area contributed by atoms with Gasteiger partial charge >= 0.3 is 5.97 Å². The van der Waals surface area contributed by atoms with Crippen LogP contribution < -0.4 is 10.1 Å². The van der Waals surface area contributed by atoms with Gasteiger partial charge in [-0.05, 0) is 48.7 Å². The van der Waals surface area contributed by atoms with Gasteiger partial charge in [0.2, 0.25) is 5.91 Å². The number of benzene rings is 1. The van der Waals surface area contributed by atoms with Crippen LogP contribution in [0.25, 0.3) is 0 Å². The van der Waals surface area contributed by atoms with Crippen molar-refractivity contribution in [3.63, 3.8) is 0 Å². The lowest BCUT2D eigenvalue weighted by Crippen LogP contribution is -2.07. The fourth-order valence-electron chi connectivity index (χ4n) is 2.27. The Kier molecular flexibility index (Phi) is 5.93. The number of carbonyl (C=O) groups is 2. The van der Waals surface area contributed by atoms with Crippen molar-refractivity contribution in [1.29, 1.82) is 0 Å². The van der Waals surface area contributed by atoms with Gasteiger partial charge in [-0.2, -0.15) is 0 Å². The molecule has 122 valence electrons. The Bertz CT molecular complexity index is 689. The van der Waals surface area contributed by atoms with Crippen molar-refractivity contribution in [2.45, 2.75) is 40.0 Å². The van der Waals surface area contributed by atoms with Crippen LogP contribution in [0.1, 0.15) is 47.3 Å². The topological polar surface area (TPSA) is 55.4 Å². The van der Waals surface area contributed by atoms with Crippen LogP contribution >= 0.6 is 11.3 Å². The van der Waals surface area contributed by atoms with Gasteiger partial charge in [0.15, 0.2) is 0 Å². The zero-order valence-corrected chi connectivity index (χ0v) is 14.5. The maximum absolute atomic E-state index is 12.3. The second-order valence-electron chi connectivity index (χ2n) is 5.26. The van der Waals surface area contributed by atoms with Crippen LogP contribution in [-0.2, 0) is 17.6 Å². The highest BCUT2D eigenvalue weighted by atomic mass is 32.1. The summed E-state index contributed by atoms with van der Waals surface area (Å²) >= 11 is 1.52. The molecule has 0 atom stereocenters. The molecule has 1 amide bonds. The minimum Gasteiger partial charge on any atom is -0.422 e. The average molecular weight is 331 g/mol. The molecule has 0 aliphatic carbocycles. The van der Waals surface area contributed by atoms with E-state index in [2.05, 4.69) is 19.2 Å². The number of aryl methyl sites for hydroxylation is 2. The van der Waals surface area contributed by atoms with Crippen LogP contribution in [0.4, 0.5) is 5.69 Å². The highest BCUT2D eigenvalue weighted by Crippen LogP contribution is 2.26. The summed E-state index contributed by atoms with van der Waals surface area (Å²) in [5, 5.41) is 2.67. The van der Waals surface area contributed by atoms with E-state index in [-0.39, 0.29) is 11.9 Å². The van der Waals surface area contributed by atoms with Crippen molar-refractivity contribution in [1.82, 2.24) is 0 Å². The van der Waals surface area contributed by atoms with Gasteiger partial charge in [-0.25, -0.2) is 4.79 Å². The van der Waals surface area contributed by atoms with Crippen LogP contribution in [0.2, 0.25) is 0 Å². The maximum atomic E-state index is 12.3. The molecule has 2 rings (SSSR count). The molecule has 0 saturated carbocycles. The number of nitrogens with one attached hydrogen (secondary N) is 1. The predicted octanol–water partition coefficient (Wildman–Crippen LogP) is 4.44. The van der Waals surface area contributed by atoms with E-state index >= 15 is 0 Å². The van der Waals surface area contributed by atoms with E-state index in [0.29, 0.717) is 16.3 Å². The zero-order chi connectivity index (χ0) is 16.8. The second-order valence-corrected chi connectivity index (χ2v) is 6.39. The molecule has 2 aromatic rings. The summed E-state index contributed by atoms with van der Waals surface area (Å²) in [5.74, 6) is -0.00389. The summed E-state index contributed by atoms with van der Waals surface area (Å²) in [6.45, 7) is 5.68. The highest BCUT2D eigenvalue weighted by molar-refractivity contribution is 7.14. The van der Waals surface area contributed by atoms with Gasteiger partial charge in [0.05, 0.1) is 0 Å². The largest absolute Gasteiger partial charge is 0.422 e. The number of esters is 1. The number of thiophene rings is 1. The van der Waals surface area contributed by atoms with E-state index in [1.807, 2.05) is 6.07 Å². The van der Waals surface area contributed by atoms with Gasteiger partial charge in [-0.15, -0.1) is 11.3 Å². The first-order chi connectivity index (χ1) is 11.0. The predicted molar refractivity (Wildman–Crippen MR) is 93.4 cm³/mol. The molecule has 1 aromatic carbocycles. The van der Waals surface area contributed by atoms with E-state index in [4.69, 9.17) is 4.74 Å². The maximum Gasteiger partial charge on any atom is 0.353 e. The molecular weight excluding hydrogens is 310 g/mol. The summed E-state index contributed by atoms with van der Waals surface area (Å²) in [5.41, 5.74) is 1.90. The lowest BCUT2D eigenvalue weighted by Gasteiger charge is -2.05. The third kappa shape index (κ3) is 4.66. The molecule has 0 radical (unpaired) electrons. The van der Waals surface area contributed by atoms with Crippen molar-refractivity contribution in [3.05, 3.63) is 45.6 Å². The Hall–Kier alpha value is -2.14. The number of ether oxygens (including phenoxy) is 1. The quantitative estimate of drug-likeness (QED) is 0.629. The van der Waals surface area contributed by atoms with Crippen LogP contribution in [0.5, 0.6) is 5.75 Å². The van der Waals surface area contributed by atoms with Crippen LogP contribution in [0.15, 0.2) is 30.3 Å². The summed E-state index contributed by atoms with van der Waals surface area (Å²) in [7, 11) is 0. The van der Waals surface area contributed by atoms with Crippen LogP contribution in [0.3, 0.4) is 0 Å². The molecule has 0 fully saturated rings. The smallest absolute Gasteiger partial charge is 0.353 e. The molecule has 0 spiro atoms. The summed E-state index contributed by atoms with van der Waals surface area (Å²) < 4.78 is 5.41. The third-order valence-electron chi connectivity index (χ3n) is 3.34. The van der Waals surface area contributed by atoms with E-state index in [0.717, 1.165) is 19.3 Å². The molecule has 1 heterocycles. The SMILES string of the molecule is CCCc1sc(C(=O)Oc2ccc(NC(C)=O)cc2)cc1CC. The fraction of sp³-hybridized carbons (Fsp3) is 0.333. The molecule has 1 aromatic heterocycles. The van der Waals surface area contributed by atoms with Gasteiger partial charge in [-0.3, -0.25) is 4.79 Å². The monoisotopic (exact) mass is 331 g/mol. The normalized spacial score (nSPS) is 10.4. The summed E-state index contributed by atoms with van der Waals surface area (Å²) in [4.78, 5) is 25.2. The van der Waals surface area contributed by atoms with E-state index in [9.17, 15) is 9.59 Å². The van der Waals surface area contributed by atoms with Crippen molar-refractivity contribution < 1.29 is 14.3 Å². The van der Waals surface area contributed by atoms with Gasteiger partial charge in [0.25, 0.3) is 0 Å². The lowest BCUT2D eigenvalue weighted by atomic mass is 10.1. The molecule has 1 N–H and O–H groups in total. The highest BCUT2D eigenvalue weighted by Gasteiger charge is 2.15. The summed E-state index contributed by atoms with van der Waals surface area (Å²) in [6, 6.07) is 8.69. The zero-order valence-electron chi connectivity index (χ0n) is 13.6. The van der Waals surface area contributed by atoms with E-state index < -0.39 is 0 Å². The molecule has 0 aliphatic rings. The van der Waals surface area contributed by atoms with Crippen molar-refractivity contribution in [2.75, 3.05) is 5.32 Å². The lowest BCUT2D eigenvalue weighted by molar-refractivity contribution is -0.114. The molecular formula is C18H21NO3S. The number of amides is 1. The molecule has 0 aliphatic heterocycles. The van der Waals surface area contributed by atoms with Crippen molar-refractivity contribution in [2.24, 2.45) is 0 Å². The molecule has 4 nitrogen and oxygen atoms in total. The molecule has 0 saturated heterocycles. The first-order valence-corrected chi connectivity index (χ1v) is 8.56. The number of hydrogen-bond donors (Lipinski definition) is 1. The van der Waals surface area contributed by atoms with Crippen molar-refractivity contribution >= 4 is 28.9 Å². The number of rotatable bonds is 6. The number of hydrogen-bond acceptors (Lipinski definition) is 4. The second kappa shape index (κ2) is 7.92. The minimum absolute atomic E-state index is 0.135. The summed E-state index contributed by atoms with van der Waals surface area (Å²) in [6.07, 6.45) is 2.98. The Labute approximate surface area is 140 Å². The van der Waals surface area contributed by atoms with Gasteiger partial charge in [0.1, 0.15) is 10.6 Å². The first-order valence-electron chi connectivity index (χ1n) is 7.74. The first kappa shape index (κ1) is 17.2. The van der Waals surface area contributed by atoms with Gasteiger partial charge in [-0.1, -0.05) is 20.3 Å². The Morgan fingerprint density at radius 3 is 2.43 bits per heavy atom. The van der Waals surface area contributed by atoms with E-state index in [1.165, 1.54) is 28.7 Å². The molecule has 23 heavy (non-hydrogen) atoms. The molecule has 0 bridgehead atoms. The van der Waals surface area contributed by atoms with Gasteiger partial charge in [0, 0.05) is 17.5 Å².